The van der Waals surface area contributed by atoms with E-state index < -0.39 is 39.4 Å². The summed E-state index contributed by atoms with van der Waals surface area (Å²) >= 11 is 0. The van der Waals surface area contributed by atoms with Crippen LogP contribution in [0.4, 0.5) is 5.69 Å². The fraction of sp³-hybridized carbons (Fsp3) is 0.474. The number of nitrogens with zero attached hydrogens (tertiary/aromatic N) is 4. The first-order chi connectivity index (χ1) is 13.4. The largest absolute Gasteiger partial charge is 0.345 e. The number of amides is 1. The monoisotopic (exact) mass is 377 g/mol. The second-order valence-corrected chi connectivity index (χ2v) is 7.44. The van der Waals surface area contributed by atoms with Crippen molar-refractivity contribution in [2.75, 3.05) is 0 Å². The van der Waals surface area contributed by atoms with Crippen LogP contribution in [0.3, 0.4) is 0 Å². The summed E-state index contributed by atoms with van der Waals surface area (Å²) in [4.78, 5) is 23.6. The standard InChI is InChI=1S/C19H15N5O4/c20-9-17(10-21)15(12-4-3-5-13(8-12)24(26)27)28-19-7-2-1-6-14(19)18(17,11-22)16(25)23-19/h3-5,8,14-15H,1-2,6-7H2,(H,23,25)/t14-,15+,18-,19-/m0/s1. The maximum atomic E-state index is 13.0. The first kappa shape index (κ1) is 17.9. The van der Waals surface area contributed by atoms with Crippen molar-refractivity contribution >= 4 is 11.6 Å². The number of nitro groups is 1. The van der Waals surface area contributed by atoms with E-state index in [0.29, 0.717) is 12.8 Å². The SMILES string of the molecule is N#CC1(C#N)[C@@H](c2cccc([N+](=O)[O-])c2)O[C@@]23CCCC[C@H]2[C@@]1(C#N)C(=O)N3. The third-order valence-electron chi connectivity index (χ3n) is 6.32. The van der Waals surface area contributed by atoms with Gasteiger partial charge in [0.1, 0.15) is 11.8 Å². The summed E-state index contributed by atoms with van der Waals surface area (Å²) in [5.74, 6) is -1.32. The van der Waals surface area contributed by atoms with Crippen LogP contribution in [-0.4, -0.2) is 16.6 Å². The van der Waals surface area contributed by atoms with Crippen LogP contribution in [0.25, 0.3) is 0 Å². The lowest BCUT2D eigenvalue weighted by Crippen LogP contribution is -2.61. The zero-order valence-electron chi connectivity index (χ0n) is 14.7. The minimum atomic E-state index is -2.14. The van der Waals surface area contributed by atoms with Crippen LogP contribution in [-0.2, 0) is 9.53 Å². The normalized spacial score (nSPS) is 34.8. The van der Waals surface area contributed by atoms with E-state index in [4.69, 9.17) is 4.74 Å². The number of non-ortho nitro benzene ring substituents is 1. The fourth-order valence-electron chi connectivity index (χ4n) is 5.09. The van der Waals surface area contributed by atoms with Gasteiger partial charge in [-0.1, -0.05) is 18.6 Å². The Bertz CT molecular complexity index is 1000. The second-order valence-electron chi connectivity index (χ2n) is 7.44. The van der Waals surface area contributed by atoms with Crippen molar-refractivity contribution in [3.05, 3.63) is 39.9 Å². The molecular formula is C19H15N5O4. The minimum absolute atomic E-state index is 0.219. The Morgan fingerprint density at radius 3 is 2.61 bits per heavy atom. The van der Waals surface area contributed by atoms with Crippen molar-refractivity contribution < 1.29 is 14.5 Å². The number of nitro benzene ring substituents is 1. The average Bonchev–Trinajstić information content (AvgIpc) is 2.92. The number of nitrogens with one attached hydrogen (secondary N) is 1. The highest BCUT2D eigenvalue weighted by molar-refractivity contribution is 5.92. The molecule has 28 heavy (non-hydrogen) atoms. The van der Waals surface area contributed by atoms with Crippen LogP contribution in [0, 0.1) is 60.9 Å². The Labute approximate surface area is 160 Å². The number of carbonyl (C=O) groups excluding carboxylic acids is 1. The van der Waals surface area contributed by atoms with Gasteiger partial charge in [-0.15, -0.1) is 0 Å². The van der Waals surface area contributed by atoms with Gasteiger partial charge in [0, 0.05) is 18.1 Å². The Hall–Kier alpha value is -3.48. The lowest BCUT2D eigenvalue weighted by atomic mass is 9.51. The first-order valence-electron chi connectivity index (χ1n) is 8.89. The van der Waals surface area contributed by atoms with Crippen molar-refractivity contribution in [1.82, 2.24) is 5.32 Å². The van der Waals surface area contributed by atoms with Gasteiger partial charge in [0.05, 0.1) is 23.1 Å². The van der Waals surface area contributed by atoms with Gasteiger partial charge in [-0.3, -0.25) is 14.9 Å². The summed E-state index contributed by atoms with van der Waals surface area (Å²) in [6.07, 6.45) is 1.15. The number of benzene rings is 1. The summed E-state index contributed by atoms with van der Waals surface area (Å²) in [5.41, 5.74) is -5.21. The second kappa shape index (κ2) is 5.76. The third-order valence-corrected chi connectivity index (χ3v) is 6.32. The molecule has 4 rings (SSSR count). The summed E-state index contributed by atoms with van der Waals surface area (Å²) in [7, 11) is 0. The first-order valence-corrected chi connectivity index (χ1v) is 8.89. The van der Waals surface area contributed by atoms with Crippen LogP contribution < -0.4 is 5.32 Å². The van der Waals surface area contributed by atoms with Crippen LogP contribution in [0.5, 0.6) is 0 Å². The predicted molar refractivity (Wildman–Crippen MR) is 91.5 cm³/mol. The Balaban J connectivity index is 1.99. The van der Waals surface area contributed by atoms with Gasteiger partial charge in [-0.05, 0) is 24.8 Å². The summed E-state index contributed by atoms with van der Waals surface area (Å²) in [6, 6.07) is 11.3. The zero-order chi connectivity index (χ0) is 20.2. The number of nitriles is 3. The van der Waals surface area contributed by atoms with Crippen LogP contribution >= 0.6 is 0 Å². The van der Waals surface area contributed by atoms with Crippen molar-refractivity contribution in [2.45, 2.75) is 37.5 Å². The Morgan fingerprint density at radius 2 is 1.96 bits per heavy atom. The molecule has 1 aromatic rings. The van der Waals surface area contributed by atoms with Crippen molar-refractivity contribution in [2.24, 2.45) is 16.7 Å². The highest BCUT2D eigenvalue weighted by atomic mass is 16.6. The van der Waals surface area contributed by atoms with Gasteiger partial charge in [0.25, 0.3) is 5.69 Å². The molecule has 2 heterocycles. The predicted octanol–water partition coefficient (Wildman–Crippen LogP) is 2.23. The molecule has 9 nitrogen and oxygen atoms in total. The molecule has 2 bridgehead atoms. The van der Waals surface area contributed by atoms with Gasteiger partial charge in [-0.25, -0.2) is 0 Å². The van der Waals surface area contributed by atoms with Gasteiger partial charge < -0.3 is 10.1 Å². The van der Waals surface area contributed by atoms with E-state index in [2.05, 4.69) is 5.32 Å². The molecule has 2 aliphatic heterocycles. The molecular weight excluding hydrogens is 362 g/mol. The topological polar surface area (TPSA) is 153 Å². The molecule has 2 saturated heterocycles. The van der Waals surface area contributed by atoms with E-state index in [1.165, 1.54) is 24.3 Å². The number of carbonyl (C=O) groups is 1. The van der Waals surface area contributed by atoms with Crippen molar-refractivity contribution in [3.8, 4) is 18.2 Å². The molecule has 1 saturated carbocycles. The summed E-state index contributed by atoms with van der Waals surface area (Å²) < 4.78 is 6.23. The third kappa shape index (κ3) is 1.88. The van der Waals surface area contributed by atoms with Gasteiger partial charge in [0.2, 0.25) is 11.3 Å². The molecule has 3 aliphatic rings. The molecule has 0 unspecified atom stereocenters. The van der Waals surface area contributed by atoms with E-state index in [0.717, 1.165) is 12.8 Å². The van der Waals surface area contributed by atoms with E-state index in [-0.39, 0.29) is 11.3 Å². The zero-order valence-corrected chi connectivity index (χ0v) is 14.7. The van der Waals surface area contributed by atoms with Crippen LogP contribution in [0.2, 0.25) is 0 Å². The van der Waals surface area contributed by atoms with Crippen molar-refractivity contribution in [3.63, 3.8) is 0 Å². The summed E-state index contributed by atoms with van der Waals surface area (Å²) in [5, 5.41) is 44.2. The number of ether oxygens (including phenoxy) is 1. The van der Waals surface area contributed by atoms with Gasteiger partial charge in [0.15, 0.2) is 5.41 Å². The minimum Gasteiger partial charge on any atom is -0.345 e. The maximum absolute atomic E-state index is 13.0. The van der Waals surface area contributed by atoms with Crippen LogP contribution in [0.15, 0.2) is 24.3 Å². The number of hydrogen-bond acceptors (Lipinski definition) is 7. The highest BCUT2D eigenvalue weighted by Crippen LogP contribution is 2.67. The van der Waals surface area contributed by atoms with Gasteiger partial charge in [-0.2, -0.15) is 15.8 Å². The Morgan fingerprint density at radius 1 is 1.21 bits per heavy atom. The molecule has 0 aromatic heterocycles. The maximum Gasteiger partial charge on any atom is 0.269 e. The quantitative estimate of drug-likeness (QED) is 0.612. The van der Waals surface area contributed by atoms with Crippen LogP contribution in [0.1, 0.15) is 37.4 Å². The van der Waals surface area contributed by atoms with E-state index in [1.807, 2.05) is 18.2 Å². The van der Waals surface area contributed by atoms with E-state index in [1.54, 1.807) is 0 Å². The molecule has 0 spiro atoms. The molecule has 9 heteroatoms. The lowest BCUT2D eigenvalue weighted by Gasteiger charge is -2.52. The Kier molecular flexibility index (Phi) is 3.68. The van der Waals surface area contributed by atoms with E-state index in [9.17, 15) is 30.7 Å². The average molecular weight is 377 g/mol. The summed E-state index contributed by atoms with van der Waals surface area (Å²) in [6.45, 7) is 0. The molecule has 1 amide bonds. The molecule has 1 aromatic carbocycles. The molecule has 0 radical (unpaired) electrons. The van der Waals surface area contributed by atoms with Gasteiger partial charge >= 0.3 is 0 Å². The van der Waals surface area contributed by atoms with Crippen molar-refractivity contribution in [1.29, 1.82) is 15.8 Å². The molecule has 140 valence electrons. The number of hydrogen-bond donors (Lipinski definition) is 1. The number of rotatable bonds is 2. The highest BCUT2D eigenvalue weighted by Gasteiger charge is 2.80. The smallest absolute Gasteiger partial charge is 0.269 e. The van der Waals surface area contributed by atoms with E-state index >= 15 is 0 Å². The lowest BCUT2D eigenvalue weighted by molar-refractivity contribution is -0.385. The molecule has 1 aliphatic carbocycles. The fourth-order valence-corrected chi connectivity index (χ4v) is 5.09. The molecule has 3 fully saturated rings. The molecule has 1 N–H and O–H groups in total. The molecule has 4 atom stereocenters.